The molecular weight excluding hydrogens is 382 g/mol. The number of nitrogens with one attached hydrogen (secondary N) is 1. The number of piperazine rings is 1. The minimum Gasteiger partial charge on any atom is -0.314 e. The lowest BCUT2D eigenvalue weighted by Gasteiger charge is -2.35. The number of hydrogen-bond acceptors (Lipinski definition) is 2. The summed E-state index contributed by atoms with van der Waals surface area (Å²) < 4.78 is 0.998. The van der Waals surface area contributed by atoms with Gasteiger partial charge in [-0.2, -0.15) is 0 Å². The molecule has 1 saturated heterocycles. The molecule has 1 aromatic rings. The van der Waals surface area contributed by atoms with Gasteiger partial charge in [0, 0.05) is 36.7 Å². The van der Waals surface area contributed by atoms with E-state index in [-0.39, 0.29) is 24.8 Å². The van der Waals surface area contributed by atoms with E-state index in [0.29, 0.717) is 6.04 Å². The standard InChI is InChI=1S/C14H20BrClN2.2ClH/c1-2-3-14(18-8-6-17-7-9-18)11-4-5-13(16)12(15)10-11;;/h4-5,10,14,17H,2-3,6-9H2,1H3;2*1H/t14-;;/m0../s1. The van der Waals surface area contributed by atoms with Crippen LogP contribution in [0.4, 0.5) is 0 Å². The Balaban J connectivity index is 0.00000180. The van der Waals surface area contributed by atoms with E-state index in [4.69, 9.17) is 11.6 Å². The highest BCUT2D eigenvalue weighted by molar-refractivity contribution is 9.10. The molecule has 1 aromatic carbocycles. The van der Waals surface area contributed by atoms with E-state index in [9.17, 15) is 0 Å². The molecule has 0 bridgehead atoms. The third kappa shape index (κ3) is 5.36. The molecule has 0 aliphatic carbocycles. The summed E-state index contributed by atoms with van der Waals surface area (Å²) in [5, 5.41) is 4.20. The second kappa shape index (κ2) is 10.3. The summed E-state index contributed by atoms with van der Waals surface area (Å²) in [5.41, 5.74) is 1.37. The van der Waals surface area contributed by atoms with Gasteiger partial charge in [-0.05, 0) is 40.0 Å². The maximum absolute atomic E-state index is 6.08. The van der Waals surface area contributed by atoms with Gasteiger partial charge < -0.3 is 5.32 Å². The fourth-order valence-electron chi connectivity index (χ4n) is 2.55. The molecule has 1 aliphatic rings. The van der Waals surface area contributed by atoms with E-state index in [1.54, 1.807) is 0 Å². The molecule has 20 heavy (non-hydrogen) atoms. The Kier molecular flexibility index (Phi) is 10.5. The molecule has 1 heterocycles. The zero-order chi connectivity index (χ0) is 13.0. The first-order chi connectivity index (χ1) is 8.72. The Morgan fingerprint density at radius 2 is 1.95 bits per heavy atom. The number of benzene rings is 1. The van der Waals surface area contributed by atoms with Crippen molar-refractivity contribution in [3.63, 3.8) is 0 Å². The van der Waals surface area contributed by atoms with Crippen LogP contribution in [0.1, 0.15) is 31.4 Å². The first-order valence-electron chi connectivity index (χ1n) is 6.62. The fraction of sp³-hybridized carbons (Fsp3) is 0.571. The lowest BCUT2D eigenvalue weighted by Crippen LogP contribution is -2.45. The van der Waals surface area contributed by atoms with E-state index < -0.39 is 0 Å². The first-order valence-corrected chi connectivity index (χ1v) is 7.79. The van der Waals surface area contributed by atoms with Crippen LogP contribution < -0.4 is 5.32 Å². The second-order valence-electron chi connectivity index (χ2n) is 4.76. The number of nitrogens with zero attached hydrogens (tertiary/aromatic N) is 1. The lowest BCUT2D eigenvalue weighted by molar-refractivity contribution is 0.164. The van der Waals surface area contributed by atoms with Crippen LogP contribution >= 0.6 is 52.3 Å². The van der Waals surface area contributed by atoms with Gasteiger partial charge in [0.2, 0.25) is 0 Å². The molecule has 1 aliphatic heterocycles. The smallest absolute Gasteiger partial charge is 0.0548 e. The molecule has 1 N–H and O–H groups in total. The van der Waals surface area contributed by atoms with Crippen molar-refractivity contribution < 1.29 is 0 Å². The average Bonchev–Trinajstić information content (AvgIpc) is 2.40. The van der Waals surface area contributed by atoms with Gasteiger partial charge in [0.25, 0.3) is 0 Å². The SMILES string of the molecule is CCC[C@@H](c1ccc(Cl)c(Br)c1)N1CCNCC1.Cl.Cl. The van der Waals surface area contributed by atoms with Crippen molar-refractivity contribution in [1.82, 2.24) is 10.2 Å². The molecule has 0 radical (unpaired) electrons. The monoisotopic (exact) mass is 402 g/mol. The van der Waals surface area contributed by atoms with Crippen molar-refractivity contribution in [2.75, 3.05) is 26.2 Å². The van der Waals surface area contributed by atoms with Gasteiger partial charge in [0.05, 0.1) is 5.02 Å². The third-order valence-corrected chi connectivity index (χ3v) is 4.70. The minimum atomic E-state index is 0. The van der Waals surface area contributed by atoms with E-state index in [2.05, 4.69) is 45.2 Å². The maximum Gasteiger partial charge on any atom is 0.0548 e. The van der Waals surface area contributed by atoms with Crippen molar-refractivity contribution in [3.05, 3.63) is 33.3 Å². The summed E-state index contributed by atoms with van der Waals surface area (Å²) >= 11 is 9.60. The topological polar surface area (TPSA) is 15.3 Å². The van der Waals surface area contributed by atoms with Crippen LogP contribution in [0.3, 0.4) is 0 Å². The summed E-state index contributed by atoms with van der Waals surface area (Å²) in [6.45, 7) is 6.69. The van der Waals surface area contributed by atoms with Crippen molar-refractivity contribution in [1.29, 1.82) is 0 Å². The fourth-order valence-corrected chi connectivity index (χ4v) is 3.06. The van der Waals surface area contributed by atoms with Gasteiger partial charge in [-0.15, -0.1) is 24.8 Å². The van der Waals surface area contributed by atoms with Gasteiger partial charge in [0.15, 0.2) is 0 Å². The summed E-state index contributed by atoms with van der Waals surface area (Å²) in [6, 6.07) is 6.84. The lowest BCUT2D eigenvalue weighted by atomic mass is 10.00. The highest BCUT2D eigenvalue weighted by atomic mass is 79.9. The molecule has 0 amide bonds. The molecule has 0 spiro atoms. The molecule has 2 nitrogen and oxygen atoms in total. The summed E-state index contributed by atoms with van der Waals surface area (Å²) in [7, 11) is 0. The van der Waals surface area contributed by atoms with Crippen molar-refractivity contribution in [2.24, 2.45) is 0 Å². The molecule has 0 aromatic heterocycles. The number of hydrogen-bond donors (Lipinski definition) is 1. The Morgan fingerprint density at radius 3 is 2.50 bits per heavy atom. The van der Waals surface area contributed by atoms with Crippen LogP contribution in [-0.4, -0.2) is 31.1 Å². The van der Waals surface area contributed by atoms with Gasteiger partial charge in [-0.3, -0.25) is 4.90 Å². The van der Waals surface area contributed by atoms with E-state index in [0.717, 1.165) is 35.7 Å². The number of halogens is 4. The average molecular weight is 405 g/mol. The van der Waals surface area contributed by atoms with Crippen molar-refractivity contribution in [3.8, 4) is 0 Å². The van der Waals surface area contributed by atoms with Crippen LogP contribution in [0, 0.1) is 0 Å². The maximum atomic E-state index is 6.08. The summed E-state index contributed by atoms with van der Waals surface area (Å²) in [4.78, 5) is 2.58. The molecule has 116 valence electrons. The van der Waals surface area contributed by atoms with Crippen molar-refractivity contribution in [2.45, 2.75) is 25.8 Å². The first kappa shape index (κ1) is 20.5. The largest absolute Gasteiger partial charge is 0.314 e. The molecule has 0 saturated carbocycles. The molecule has 6 heteroatoms. The van der Waals surface area contributed by atoms with Crippen LogP contribution in [0.15, 0.2) is 22.7 Å². The predicted molar refractivity (Wildman–Crippen MR) is 95.7 cm³/mol. The zero-order valence-electron chi connectivity index (χ0n) is 11.6. The van der Waals surface area contributed by atoms with Crippen molar-refractivity contribution >= 4 is 52.3 Å². The second-order valence-corrected chi connectivity index (χ2v) is 6.03. The van der Waals surface area contributed by atoms with E-state index in [1.807, 2.05) is 6.07 Å². The van der Waals surface area contributed by atoms with Crippen LogP contribution in [-0.2, 0) is 0 Å². The molecule has 1 atom stereocenters. The molecule has 0 unspecified atom stereocenters. The third-order valence-electron chi connectivity index (χ3n) is 3.48. The van der Waals surface area contributed by atoms with Crippen LogP contribution in [0.2, 0.25) is 5.02 Å². The Hall–Kier alpha value is 0.490. The Labute approximate surface area is 147 Å². The normalized spacial score (nSPS) is 16.9. The number of rotatable bonds is 4. The Bertz CT molecular complexity index is 398. The van der Waals surface area contributed by atoms with E-state index >= 15 is 0 Å². The van der Waals surface area contributed by atoms with Gasteiger partial charge in [0.1, 0.15) is 0 Å². The predicted octanol–water partition coefficient (Wildman–Crippen LogP) is 4.69. The minimum absolute atomic E-state index is 0. The Morgan fingerprint density at radius 1 is 1.30 bits per heavy atom. The zero-order valence-corrected chi connectivity index (χ0v) is 15.5. The van der Waals surface area contributed by atoms with E-state index in [1.165, 1.54) is 18.4 Å². The summed E-state index contributed by atoms with van der Waals surface area (Å²) in [5.74, 6) is 0. The van der Waals surface area contributed by atoms with Crippen LogP contribution in [0.25, 0.3) is 0 Å². The highest BCUT2D eigenvalue weighted by Gasteiger charge is 2.21. The van der Waals surface area contributed by atoms with Gasteiger partial charge in [-0.25, -0.2) is 0 Å². The van der Waals surface area contributed by atoms with Gasteiger partial charge in [-0.1, -0.05) is 31.0 Å². The quantitative estimate of drug-likeness (QED) is 0.783. The molecule has 2 rings (SSSR count). The van der Waals surface area contributed by atoms with Crippen LogP contribution in [0.5, 0.6) is 0 Å². The molecule has 1 fully saturated rings. The molecular formula is C14H22BrCl3N2. The van der Waals surface area contributed by atoms with Gasteiger partial charge >= 0.3 is 0 Å². The highest BCUT2D eigenvalue weighted by Crippen LogP contribution is 2.31. The summed E-state index contributed by atoms with van der Waals surface area (Å²) in [6.07, 6.45) is 2.41.